The van der Waals surface area contributed by atoms with Crippen LogP contribution in [0.1, 0.15) is 49.4 Å². The lowest BCUT2D eigenvalue weighted by Gasteiger charge is -2.31. The molecule has 0 amide bonds. The minimum absolute atomic E-state index is 0.157. The largest absolute Gasteiger partial charge is 0.478 e. The Morgan fingerprint density at radius 2 is 1.94 bits per heavy atom. The maximum Gasteiger partial charge on any atom is 0.337 e. The van der Waals surface area contributed by atoms with E-state index in [0.717, 1.165) is 17.9 Å². The lowest BCUT2D eigenvalue weighted by Crippen LogP contribution is -2.26. The highest BCUT2D eigenvalue weighted by atomic mass is 16.4. The van der Waals surface area contributed by atoms with Crippen molar-refractivity contribution in [1.82, 2.24) is 4.57 Å². The molecule has 0 aromatic carbocycles. The molecule has 3 heteroatoms. The summed E-state index contributed by atoms with van der Waals surface area (Å²) in [6.07, 6.45) is 0. The molecule has 17 heavy (non-hydrogen) atoms. The lowest BCUT2D eigenvalue weighted by atomic mass is 9.81. The summed E-state index contributed by atoms with van der Waals surface area (Å²) in [7, 11) is 0. The zero-order valence-corrected chi connectivity index (χ0v) is 11.7. The molecule has 0 aliphatic carbocycles. The smallest absolute Gasteiger partial charge is 0.337 e. The first-order valence-corrected chi connectivity index (χ1v) is 6.07. The summed E-state index contributed by atoms with van der Waals surface area (Å²) in [5.74, 6) is -0.288. The maximum atomic E-state index is 11.1. The number of hydrogen-bond acceptors (Lipinski definition) is 1. The van der Waals surface area contributed by atoms with Gasteiger partial charge in [0, 0.05) is 17.9 Å². The molecule has 0 saturated heterocycles. The predicted molar refractivity (Wildman–Crippen MR) is 69.5 cm³/mol. The van der Waals surface area contributed by atoms with Crippen LogP contribution in [0.4, 0.5) is 0 Å². The van der Waals surface area contributed by atoms with Crippen LogP contribution >= 0.6 is 0 Å². The Hall–Kier alpha value is -1.25. The molecule has 1 heterocycles. The fraction of sp³-hybridized carbons (Fsp3) is 0.643. The van der Waals surface area contributed by atoms with Crippen LogP contribution in [0.5, 0.6) is 0 Å². The molecule has 0 aliphatic heterocycles. The van der Waals surface area contributed by atoms with Gasteiger partial charge < -0.3 is 9.67 Å². The third-order valence-electron chi connectivity index (χ3n) is 3.93. The molecule has 0 saturated carbocycles. The van der Waals surface area contributed by atoms with E-state index in [1.807, 2.05) is 13.8 Å². The van der Waals surface area contributed by atoms with E-state index in [-0.39, 0.29) is 5.41 Å². The number of aromatic carboxylic acids is 1. The van der Waals surface area contributed by atoms with E-state index in [0.29, 0.717) is 11.5 Å². The van der Waals surface area contributed by atoms with E-state index in [2.05, 4.69) is 32.3 Å². The first-order chi connectivity index (χ1) is 7.66. The molecule has 0 bridgehead atoms. The lowest BCUT2D eigenvalue weighted by molar-refractivity contribution is 0.0695. The molecule has 1 aromatic rings. The van der Waals surface area contributed by atoms with Crippen molar-refractivity contribution in [3.05, 3.63) is 23.0 Å². The fourth-order valence-corrected chi connectivity index (χ4v) is 1.85. The molecule has 0 fully saturated rings. The second-order valence-electron chi connectivity index (χ2n) is 5.82. The van der Waals surface area contributed by atoms with Gasteiger partial charge >= 0.3 is 5.97 Å². The monoisotopic (exact) mass is 237 g/mol. The molecule has 3 nitrogen and oxygen atoms in total. The Kier molecular flexibility index (Phi) is 3.70. The first kappa shape index (κ1) is 13.8. The van der Waals surface area contributed by atoms with Crippen molar-refractivity contribution >= 4 is 5.97 Å². The van der Waals surface area contributed by atoms with Gasteiger partial charge in [0.2, 0.25) is 0 Å². The van der Waals surface area contributed by atoms with Crippen LogP contribution in [0.2, 0.25) is 0 Å². The Morgan fingerprint density at radius 3 is 2.29 bits per heavy atom. The molecule has 1 N–H and O–H groups in total. The SMILES string of the molecule is Cc1cc(C(=O)O)c(C)n1CC(C)(C)C(C)C. The summed E-state index contributed by atoms with van der Waals surface area (Å²) in [4.78, 5) is 11.1. The van der Waals surface area contributed by atoms with E-state index < -0.39 is 5.97 Å². The molecular weight excluding hydrogens is 214 g/mol. The van der Waals surface area contributed by atoms with Crippen molar-refractivity contribution in [1.29, 1.82) is 0 Å². The quantitative estimate of drug-likeness (QED) is 0.871. The van der Waals surface area contributed by atoms with Crippen LogP contribution in [0, 0.1) is 25.2 Å². The molecule has 1 rings (SSSR count). The van der Waals surface area contributed by atoms with Crippen LogP contribution in [-0.4, -0.2) is 15.6 Å². The highest BCUT2D eigenvalue weighted by Gasteiger charge is 2.25. The number of aromatic nitrogens is 1. The van der Waals surface area contributed by atoms with Crippen LogP contribution in [0.25, 0.3) is 0 Å². The summed E-state index contributed by atoms with van der Waals surface area (Å²) < 4.78 is 2.11. The number of hydrogen-bond donors (Lipinski definition) is 1. The Balaban J connectivity index is 3.12. The van der Waals surface area contributed by atoms with Gasteiger partial charge in [-0.15, -0.1) is 0 Å². The average Bonchev–Trinajstić information content (AvgIpc) is 2.45. The molecular formula is C14H23NO2. The Bertz CT molecular complexity index is 428. The second kappa shape index (κ2) is 4.55. The van der Waals surface area contributed by atoms with Gasteiger partial charge in [-0.25, -0.2) is 4.79 Å². The van der Waals surface area contributed by atoms with Gasteiger partial charge in [0.25, 0.3) is 0 Å². The number of carboxylic acids is 1. The predicted octanol–water partition coefficient (Wildman–Crippen LogP) is 3.49. The molecule has 0 unspecified atom stereocenters. The number of aryl methyl sites for hydroxylation is 1. The Morgan fingerprint density at radius 1 is 1.41 bits per heavy atom. The number of carbonyl (C=O) groups is 1. The summed E-state index contributed by atoms with van der Waals surface area (Å²) >= 11 is 0. The van der Waals surface area contributed by atoms with Gasteiger partial charge in [0.05, 0.1) is 5.56 Å². The number of carboxylic acid groups (broad SMARTS) is 1. The van der Waals surface area contributed by atoms with Crippen molar-refractivity contribution < 1.29 is 9.90 Å². The minimum Gasteiger partial charge on any atom is -0.478 e. The number of rotatable bonds is 4. The minimum atomic E-state index is -0.841. The van der Waals surface area contributed by atoms with E-state index >= 15 is 0 Å². The normalized spacial score (nSPS) is 12.2. The Labute approximate surface area is 103 Å². The van der Waals surface area contributed by atoms with Gasteiger partial charge in [-0.1, -0.05) is 27.7 Å². The molecule has 96 valence electrons. The summed E-state index contributed by atoms with van der Waals surface area (Å²) in [5.41, 5.74) is 2.45. The third kappa shape index (κ3) is 2.71. The van der Waals surface area contributed by atoms with Gasteiger partial charge in [0.15, 0.2) is 0 Å². The van der Waals surface area contributed by atoms with E-state index in [9.17, 15) is 4.79 Å². The summed E-state index contributed by atoms with van der Waals surface area (Å²) in [5, 5.41) is 9.10. The topological polar surface area (TPSA) is 42.2 Å². The van der Waals surface area contributed by atoms with E-state index in [1.54, 1.807) is 6.07 Å². The first-order valence-electron chi connectivity index (χ1n) is 6.07. The van der Waals surface area contributed by atoms with Crippen molar-refractivity contribution in [2.45, 2.75) is 48.1 Å². The second-order valence-corrected chi connectivity index (χ2v) is 5.82. The molecule has 0 atom stereocenters. The van der Waals surface area contributed by atoms with Crippen LogP contribution < -0.4 is 0 Å². The zero-order valence-electron chi connectivity index (χ0n) is 11.7. The van der Waals surface area contributed by atoms with Crippen molar-refractivity contribution in [3.63, 3.8) is 0 Å². The highest BCUT2D eigenvalue weighted by molar-refractivity contribution is 5.89. The fourth-order valence-electron chi connectivity index (χ4n) is 1.85. The highest BCUT2D eigenvalue weighted by Crippen LogP contribution is 2.30. The zero-order chi connectivity index (χ0) is 13.4. The maximum absolute atomic E-state index is 11.1. The van der Waals surface area contributed by atoms with Crippen molar-refractivity contribution in [2.75, 3.05) is 0 Å². The van der Waals surface area contributed by atoms with Gasteiger partial charge in [0.1, 0.15) is 0 Å². The third-order valence-corrected chi connectivity index (χ3v) is 3.93. The average molecular weight is 237 g/mol. The summed E-state index contributed by atoms with van der Waals surface area (Å²) in [6.45, 7) is 13.5. The standard InChI is InChI=1S/C14H23NO2/c1-9(2)14(5,6)8-15-10(3)7-12(11(15)4)13(16)17/h7,9H,8H2,1-6H3,(H,16,17). The van der Waals surface area contributed by atoms with Gasteiger partial charge in [-0.2, -0.15) is 0 Å². The molecule has 0 spiro atoms. The summed E-state index contributed by atoms with van der Waals surface area (Å²) in [6, 6.07) is 1.76. The van der Waals surface area contributed by atoms with Crippen LogP contribution in [0.15, 0.2) is 6.07 Å². The van der Waals surface area contributed by atoms with E-state index in [1.165, 1.54) is 0 Å². The van der Waals surface area contributed by atoms with Crippen LogP contribution in [-0.2, 0) is 6.54 Å². The van der Waals surface area contributed by atoms with Gasteiger partial charge in [-0.3, -0.25) is 0 Å². The number of nitrogens with zero attached hydrogens (tertiary/aromatic N) is 1. The van der Waals surface area contributed by atoms with Crippen molar-refractivity contribution in [2.24, 2.45) is 11.3 Å². The van der Waals surface area contributed by atoms with E-state index in [4.69, 9.17) is 5.11 Å². The molecule has 0 radical (unpaired) electrons. The molecule has 1 aromatic heterocycles. The van der Waals surface area contributed by atoms with Crippen LogP contribution in [0.3, 0.4) is 0 Å². The van der Waals surface area contributed by atoms with Gasteiger partial charge in [-0.05, 0) is 31.2 Å². The van der Waals surface area contributed by atoms with Crippen molar-refractivity contribution in [3.8, 4) is 0 Å². The molecule has 0 aliphatic rings.